The Labute approximate surface area is 157 Å². The summed E-state index contributed by atoms with van der Waals surface area (Å²) < 4.78 is 1.23. The molecular formula is C26H42Fe. The van der Waals surface area contributed by atoms with Crippen molar-refractivity contribution >= 4 is 0 Å². The molecule has 10 heterocycles. The molecule has 10 rings (SSSR count). The standard InChI is InChI=1S/C21H37.C5H5.Fe/c1-2-3-4-5-6-7-8-9-10-11-12-13-14-15-18-21-19-16-17-20-21;1-2-4-5-3-1;/h16-17,19-20H,2-15,18H2,1H3;1-5H;. The van der Waals surface area contributed by atoms with Gasteiger partial charge < -0.3 is 0 Å². The van der Waals surface area contributed by atoms with Gasteiger partial charge in [0.25, 0.3) is 0 Å². The van der Waals surface area contributed by atoms with Gasteiger partial charge in [-0.1, -0.05) is 32.6 Å². The van der Waals surface area contributed by atoms with Gasteiger partial charge in [-0.05, 0) is 0 Å². The van der Waals surface area contributed by atoms with E-state index in [0.29, 0.717) is 0 Å². The summed E-state index contributed by atoms with van der Waals surface area (Å²) in [5.74, 6) is 0. The Hall–Kier alpha value is 0.519. The van der Waals surface area contributed by atoms with Crippen LogP contribution in [0.2, 0.25) is 47.7 Å². The molecule has 0 N–H and O–H groups in total. The Bertz CT molecular complexity index is 987. The number of rotatable bonds is 15. The molecule has 0 aromatic carbocycles. The maximum atomic E-state index is 2.32. The summed E-state index contributed by atoms with van der Waals surface area (Å²) >= 11 is 0. The Morgan fingerprint density at radius 2 is 0.852 bits per heavy atom. The first kappa shape index (κ1) is 14.5. The third kappa shape index (κ3) is 0.300. The predicted molar refractivity (Wildman–Crippen MR) is 111 cm³/mol. The monoisotopic (exact) mass is 410 g/mol. The Morgan fingerprint density at radius 3 is 1.15 bits per heavy atom. The maximum absolute atomic E-state index is 2.67. The van der Waals surface area contributed by atoms with Crippen molar-refractivity contribution in [1.82, 2.24) is 0 Å². The first-order valence-electron chi connectivity index (χ1n) is 13.3. The Balaban J connectivity index is 0.668. The summed E-state index contributed by atoms with van der Waals surface area (Å²) in [7, 11) is 0. The molecule has 0 bridgehead atoms. The second-order valence-corrected chi connectivity index (χ2v) is 38.9. The van der Waals surface area contributed by atoms with Gasteiger partial charge in [-0.25, -0.2) is 0 Å². The van der Waals surface area contributed by atoms with Crippen molar-refractivity contribution in [3.8, 4) is 0 Å². The van der Waals surface area contributed by atoms with Crippen molar-refractivity contribution < 1.29 is 6.51 Å². The van der Waals surface area contributed by atoms with Gasteiger partial charge in [0.15, 0.2) is 0 Å². The summed E-state index contributed by atoms with van der Waals surface area (Å²) in [5, 5.41) is 0. The first-order chi connectivity index (χ1) is 13.1. The quantitative estimate of drug-likeness (QED) is 0.186. The van der Waals surface area contributed by atoms with E-state index in [1.807, 2.05) is 0 Å². The van der Waals surface area contributed by atoms with E-state index in [2.05, 4.69) is 6.92 Å². The van der Waals surface area contributed by atoms with Gasteiger partial charge in [0.2, 0.25) is 0 Å². The molecule has 4 unspecified atom stereocenters. The zero-order valence-electron chi connectivity index (χ0n) is 17.7. The van der Waals surface area contributed by atoms with Gasteiger partial charge >= 0.3 is 125 Å². The van der Waals surface area contributed by atoms with Crippen LogP contribution in [0, 0.1) is 0 Å². The molecule has 10 aliphatic rings. The predicted octanol–water partition coefficient (Wildman–Crippen LogP) is 9.62. The summed E-state index contributed by atoms with van der Waals surface area (Å²) in [6.07, 6.45) is 23.1. The van der Waals surface area contributed by atoms with Crippen molar-refractivity contribution in [1.29, 1.82) is 0 Å². The normalized spacial score (nSPS) is 79.5. The molecule has 0 saturated carbocycles. The van der Waals surface area contributed by atoms with Gasteiger partial charge in [-0.3, -0.25) is 0 Å². The number of hydrogen-bond acceptors (Lipinski definition) is 0. The topological polar surface area (TPSA) is 0 Å². The van der Waals surface area contributed by atoms with E-state index >= 15 is 0 Å². The second-order valence-electron chi connectivity index (χ2n) is 15.2. The molecular weight excluding hydrogens is 368 g/mol. The summed E-state index contributed by atoms with van der Waals surface area (Å²) in [6.45, 7) is -0.356. The van der Waals surface area contributed by atoms with E-state index in [1.54, 1.807) is 75.5 Å². The van der Waals surface area contributed by atoms with Crippen molar-refractivity contribution in [2.45, 2.75) is 151 Å². The Morgan fingerprint density at radius 1 is 0.481 bits per heavy atom. The fraction of sp³-hybridized carbons (Fsp3) is 1.00. The molecule has 0 nitrogen and oxygen atoms in total. The molecule has 0 aromatic rings. The summed E-state index contributed by atoms with van der Waals surface area (Å²) in [4.78, 5) is 14.0. The van der Waals surface area contributed by atoms with Crippen molar-refractivity contribution in [2.75, 3.05) is 0 Å². The van der Waals surface area contributed by atoms with Crippen molar-refractivity contribution in [2.24, 2.45) is 0 Å². The molecule has 10 aliphatic heterocycles. The van der Waals surface area contributed by atoms with Crippen LogP contribution in [-0.4, -0.2) is 0 Å². The SMILES string of the molecule is CCCCCCCCCCCCCCCC[C]12[CH]3[CH]4[CH]5[CH]1[Fe]45321678[CH]2[CH]1[CH]6[CH]7[CH]28. The molecule has 1 spiro atoms. The zero-order chi connectivity index (χ0) is 17.6. The molecule has 0 aromatic heterocycles. The van der Waals surface area contributed by atoms with Crippen molar-refractivity contribution in [3.63, 3.8) is 0 Å². The van der Waals surface area contributed by atoms with E-state index in [0.717, 1.165) is 0 Å². The van der Waals surface area contributed by atoms with E-state index in [9.17, 15) is 0 Å². The van der Waals surface area contributed by atoms with Gasteiger partial charge in [0.1, 0.15) is 0 Å². The van der Waals surface area contributed by atoms with E-state index in [-0.39, 0.29) is 0 Å². The molecule has 27 heavy (non-hydrogen) atoms. The molecule has 4 atom stereocenters. The molecule has 0 amide bonds. The Kier molecular flexibility index (Phi) is 1.06. The summed E-state index contributed by atoms with van der Waals surface area (Å²) in [6, 6.07) is 0. The number of fused-ring (bicyclic) bond motifs is 10. The molecule has 10 fully saturated rings. The van der Waals surface area contributed by atoms with Gasteiger partial charge in [0, 0.05) is 0 Å². The molecule has 154 valence electrons. The third-order valence-corrected chi connectivity index (χ3v) is 61.9. The minimum atomic E-state index is -2.67. The van der Waals surface area contributed by atoms with Crippen molar-refractivity contribution in [3.05, 3.63) is 0 Å². The van der Waals surface area contributed by atoms with Gasteiger partial charge in [0.05, 0.1) is 0 Å². The fourth-order valence-corrected chi connectivity index (χ4v) is 95.3. The van der Waals surface area contributed by atoms with E-state index in [1.165, 1.54) is 68.5 Å². The summed E-state index contributed by atoms with van der Waals surface area (Å²) in [5.41, 5.74) is 0. The van der Waals surface area contributed by atoms with Crippen LogP contribution in [0.25, 0.3) is 0 Å². The van der Waals surface area contributed by atoms with Gasteiger partial charge in [-0.15, -0.1) is 0 Å². The van der Waals surface area contributed by atoms with Crippen LogP contribution in [0.5, 0.6) is 0 Å². The molecule has 0 aliphatic carbocycles. The number of hydrogen-bond donors (Lipinski definition) is 0. The van der Waals surface area contributed by atoms with E-state index in [4.69, 9.17) is 0 Å². The second kappa shape index (κ2) is 1.97. The van der Waals surface area contributed by atoms with Crippen LogP contribution >= 0.6 is 0 Å². The van der Waals surface area contributed by atoms with Crippen LogP contribution in [0.4, 0.5) is 0 Å². The van der Waals surface area contributed by atoms with Crippen LogP contribution in [0.1, 0.15) is 103 Å². The van der Waals surface area contributed by atoms with E-state index < -0.39 is 6.51 Å². The van der Waals surface area contributed by atoms with Gasteiger partial charge in [-0.2, -0.15) is 0 Å². The molecule has 1 heteroatoms. The minimum absolute atomic E-state index is 1.23. The van der Waals surface area contributed by atoms with Crippen LogP contribution < -0.4 is 0 Å². The first-order valence-corrected chi connectivity index (χ1v) is 19.6. The molecule has 0 radical (unpaired) electrons. The molecule has 10 saturated heterocycles. The fourth-order valence-electron chi connectivity index (χ4n) is 19.9. The number of unbranched alkanes of at least 4 members (excludes halogenated alkanes) is 13. The van der Waals surface area contributed by atoms with Crippen LogP contribution in [0.15, 0.2) is 0 Å². The third-order valence-electron chi connectivity index (χ3n) is 18.9. The average molecular weight is 410 g/mol. The average Bonchev–Trinajstić information content (AvgIpc) is 3.61. The zero-order valence-corrected chi connectivity index (χ0v) is 18.8. The van der Waals surface area contributed by atoms with Crippen LogP contribution in [0.3, 0.4) is 0 Å². The van der Waals surface area contributed by atoms with Crippen LogP contribution in [-0.2, 0) is 6.51 Å².